The lowest BCUT2D eigenvalue weighted by molar-refractivity contribution is -0.149. The van der Waals surface area contributed by atoms with Gasteiger partial charge in [0.05, 0.1) is 17.5 Å². The van der Waals surface area contributed by atoms with E-state index in [1.165, 1.54) is 11.8 Å². The van der Waals surface area contributed by atoms with E-state index in [1.807, 2.05) is 32.1 Å². The van der Waals surface area contributed by atoms with Crippen molar-refractivity contribution in [2.45, 2.75) is 51.5 Å². The van der Waals surface area contributed by atoms with Crippen LogP contribution in [0.5, 0.6) is 0 Å². The second kappa shape index (κ2) is 7.64. The van der Waals surface area contributed by atoms with Crippen molar-refractivity contribution in [3.05, 3.63) is 23.8 Å². The predicted molar refractivity (Wildman–Crippen MR) is 84.2 cm³/mol. The molecule has 1 aliphatic rings. The van der Waals surface area contributed by atoms with Gasteiger partial charge in [-0.25, -0.2) is 0 Å². The van der Waals surface area contributed by atoms with E-state index in [-0.39, 0.29) is 18.5 Å². The highest BCUT2D eigenvalue weighted by Gasteiger charge is 2.42. The Kier molecular flexibility index (Phi) is 6.46. The van der Waals surface area contributed by atoms with E-state index in [0.29, 0.717) is 13.0 Å². The van der Waals surface area contributed by atoms with Gasteiger partial charge in [0, 0.05) is 6.92 Å². The summed E-state index contributed by atoms with van der Waals surface area (Å²) in [5.74, 6) is -0.589. The third-order valence-electron chi connectivity index (χ3n) is 3.76. The molecule has 0 aromatic rings. The molecule has 0 N–H and O–H groups in total. The molecule has 0 bridgehead atoms. The normalized spacial score (nSPS) is 24.4. The van der Waals surface area contributed by atoms with Gasteiger partial charge < -0.3 is 9.64 Å². The lowest BCUT2D eigenvalue weighted by atomic mass is 9.83. The first-order chi connectivity index (χ1) is 9.89. The van der Waals surface area contributed by atoms with Crippen LogP contribution < -0.4 is 0 Å². The molecule has 4 nitrogen and oxygen atoms in total. The van der Waals surface area contributed by atoms with E-state index in [9.17, 15) is 9.59 Å². The monoisotopic (exact) mass is 313 g/mol. The van der Waals surface area contributed by atoms with Crippen molar-refractivity contribution in [1.82, 2.24) is 4.90 Å². The fourth-order valence-corrected chi connectivity index (χ4v) is 2.96. The molecular formula is C16H24ClNO3. The molecule has 0 aliphatic heterocycles. The molecule has 0 heterocycles. The van der Waals surface area contributed by atoms with E-state index in [4.69, 9.17) is 16.3 Å². The molecule has 0 spiro atoms. The standard InChI is InChI=1S/C16H24ClNO3/c1-5-13-9-8-10-16(17,6-2)15(13)18(12(4)19)11-14(20)21-7-3/h8-10,15H,5-7,11H2,1-4H3. The zero-order valence-corrected chi connectivity index (χ0v) is 13.9. The molecule has 2 unspecified atom stereocenters. The molecule has 5 heteroatoms. The van der Waals surface area contributed by atoms with E-state index < -0.39 is 10.8 Å². The summed E-state index contributed by atoms with van der Waals surface area (Å²) in [7, 11) is 0. The average Bonchev–Trinajstić information content (AvgIpc) is 2.45. The van der Waals surface area contributed by atoms with Gasteiger partial charge in [-0.1, -0.05) is 32.1 Å². The fraction of sp³-hybridized carbons (Fsp3) is 0.625. The maximum Gasteiger partial charge on any atom is 0.325 e. The number of carbonyl (C=O) groups is 2. The Morgan fingerprint density at radius 1 is 1.38 bits per heavy atom. The quantitative estimate of drug-likeness (QED) is 0.559. The minimum atomic E-state index is -0.682. The summed E-state index contributed by atoms with van der Waals surface area (Å²) in [6.07, 6.45) is 7.24. The molecule has 0 saturated heterocycles. The Bertz CT molecular complexity index is 458. The Balaban J connectivity index is 3.12. The molecule has 1 rings (SSSR count). The summed E-state index contributed by atoms with van der Waals surface area (Å²) in [4.78, 5) is 24.7. The Morgan fingerprint density at radius 2 is 2.05 bits per heavy atom. The molecule has 0 saturated carbocycles. The summed E-state index contributed by atoms with van der Waals surface area (Å²) in [5, 5.41) is 0. The SMILES string of the molecule is CCOC(=O)CN(C(C)=O)C1C(CC)=CC=CC1(Cl)CC. The first-order valence-electron chi connectivity index (χ1n) is 7.39. The van der Waals surface area contributed by atoms with Crippen molar-refractivity contribution < 1.29 is 14.3 Å². The summed E-state index contributed by atoms with van der Waals surface area (Å²) in [5.41, 5.74) is 1.05. The zero-order valence-electron chi connectivity index (χ0n) is 13.2. The second-order valence-corrected chi connectivity index (χ2v) is 5.79. The highest BCUT2D eigenvalue weighted by atomic mass is 35.5. The topological polar surface area (TPSA) is 46.6 Å². The zero-order chi connectivity index (χ0) is 16.0. The second-order valence-electron chi connectivity index (χ2n) is 5.09. The largest absolute Gasteiger partial charge is 0.465 e. The molecule has 1 aliphatic carbocycles. The first kappa shape index (κ1) is 17.8. The lowest BCUT2D eigenvalue weighted by Crippen LogP contribution is -2.54. The Labute approximate surface area is 131 Å². The third-order valence-corrected chi connectivity index (χ3v) is 4.36. The number of ether oxygens (including phenoxy) is 1. The number of carbonyl (C=O) groups excluding carboxylic acids is 2. The first-order valence-corrected chi connectivity index (χ1v) is 7.77. The lowest BCUT2D eigenvalue weighted by Gasteiger charge is -2.42. The van der Waals surface area contributed by atoms with Gasteiger partial charge in [-0.2, -0.15) is 0 Å². The summed E-state index contributed by atoms with van der Waals surface area (Å²) in [6, 6.07) is -0.318. The van der Waals surface area contributed by atoms with E-state index >= 15 is 0 Å². The van der Waals surface area contributed by atoms with Crippen molar-refractivity contribution in [3.8, 4) is 0 Å². The van der Waals surface area contributed by atoms with Crippen molar-refractivity contribution in [2.75, 3.05) is 13.2 Å². The van der Waals surface area contributed by atoms with Crippen LogP contribution in [0, 0.1) is 0 Å². The van der Waals surface area contributed by atoms with Gasteiger partial charge in [0.1, 0.15) is 6.54 Å². The number of alkyl halides is 1. The molecule has 0 radical (unpaired) electrons. The van der Waals surface area contributed by atoms with Gasteiger partial charge in [-0.05, 0) is 25.3 Å². The van der Waals surface area contributed by atoms with Crippen LogP contribution in [-0.2, 0) is 14.3 Å². The molecule has 21 heavy (non-hydrogen) atoms. The number of halogens is 1. The number of amides is 1. The van der Waals surface area contributed by atoms with Crippen LogP contribution in [0.25, 0.3) is 0 Å². The number of hydrogen-bond acceptors (Lipinski definition) is 3. The third kappa shape index (κ3) is 4.10. The van der Waals surface area contributed by atoms with Crippen molar-refractivity contribution >= 4 is 23.5 Å². The summed E-state index contributed by atoms with van der Waals surface area (Å²) < 4.78 is 4.97. The number of allylic oxidation sites excluding steroid dienone is 2. The van der Waals surface area contributed by atoms with Gasteiger partial charge in [0.15, 0.2) is 0 Å². The van der Waals surface area contributed by atoms with Gasteiger partial charge in [-0.3, -0.25) is 9.59 Å². The van der Waals surface area contributed by atoms with E-state index in [2.05, 4.69) is 0 Å². The van der Waals surface area contributed by atoms with Crippen molar-refractivity contribution in [3.63, 3.8) is 0 Å². The van der Waals surface area contributed by atoms with Crippen LogP contribution in [0.2, 0.25) is 0 Å². The molecule has 0 aromatic heterocycles. The van der Waals surface area contributed by atoms with Crippen LogP contribution in [0.1, 0.15) is 40.5 Å². The number of nitrogens with zero attached hydrogens (tertiary/aromatic N) is 1. The van der Waals surface area contributed by atoms with Gasteiger partial charge in [-0.15, -0.1) is 11.6 Å². The van der Waals surface area contributed by atoms with Crippen LogP contribution in [0.3, 0.4) is 0 Å². The van der Waals surface area contributed by atoms with Crippen LogP contribution >= 0.6 is 11.6 Å². The minimum absolute atomic E-state index is 0.0759. The predicted octanol–water partition coefficient (Wildman–Crippen LogP) is 3.06. The maximum atomic E-state index is 12.1. The minimum Gasteiger partial charge on any atom is -0.465 e. The molecule has 118 valence electrons. The van der Waals surface area contributed by atoms with Crippen LogP contribution in [0.15, 0.2) is 23.8 Å². The summed E-state index contributed by atoms with van der Waals surface area (Å²) >= 11 is 6.72. The van der Waals surface area contributed by atoms with Gasteiger partial charge in [0.25, 0.3) is 0 Å². The highest BCUT2D eigenvalue weighted by molar-refractivity contribution is 6.26. The van der Waals surface area contributed by atoms with Gasteiger partial charge >= 0.3 is 5.97 Å². The van der Waals surface area contributed by atoms with E-state index in [1.54, 1.807) is 6.92 Å². The molecule has 2 atom stereocenters. The smallest absolute Gasteiger partial charge is 0.325 e. The molecule has 0 aromatic carbocycles. The molecule has 0 fully saturated rings. The fourth-order valence-electron chi connectivity index (χ4n) is 2.63. The molecule has 1 amide bonds. The number of esters is 1. The average molecular weight is 314 g/mol. The van der Waals surface area contributed by atoms with Gasteiger partial charge in [0.2, 0.25) is 5.91 Å². The Hall–Kier alpha value is -1.29. The molecular weight excluding hydrogens is 290 g/mol. The number of hydrogen-bond donors (Lipinski definition) is 0. The summed E-state index contributed by atoms with van der Waals surface area (Å²) in [6.45, 7) is 7.42. The highest BCUT2D eigenvalue weighted by Crippen LogP contribution is 2.37. The van der Waals surface area contributed by atoms with Crippen molar-refractivity contribution in [2.24, 2.45) is 0 Å². The maximum absolute atomic E-state index is 12.1. The van der Waals surface area contributed by atoms with Crippen LogP contribution in [-0.4, -0.2) is 40.8 Å². The van der Waals surface area contributed by atoms with Crippen LogP contribution in [0.4, 0.5) is 0 Å². The van der Waals surface area contributed by atoms with Crippen molar-refractivity contribution in [1.29, 1.82) is 0 Å². The van der Waals surface area contributed by atoms with E-state index in [0.717, 1.165) is 12.0 Å². The Morgan fingerprint density at radius 3 is 2.52 bits per heavy atom. The number of rotatable bonds is 6.